The highest BCUT2D eigenvalue weighted by Crippen LogP contribution is 2.09. The summed E-state index contributed by atoms with van der Waals surface area (Å²) in [5, 5.41) is 16.3. The van der Waals surface area contributed by atoms with Crippen molar-refractivity contribution < 1.29 is 9.90 Å². The number of carbonyl (C=O) groups is 1. The van der Waals surface area contributed by atoms with Gasteiger partial charge in [-0.15, -0.1) is 10.2 Å². The summed E-state index contributed by atoms with van der Waals surface area (Å²) in [6, 6.07) is 9.60. The number of rotatable bonds is 4. The third kappa shape index (κ3) is 2.25. The molecule has 0 fully saturated rings. The molecule has 16 heavy (non-hydrogen) atoms. The van der Waals surface area contributed by atoms with E-state index in [0.29, 0.717) is 12.2 Å². The number of para-hydroxylation sites is 1. The summed E-state index contributed by atoms with van der Waals surface area (Å²) < 4.78 is 1.79. The number of benzene rings is 1. The Hall–Kier alpha value is -2.17. The van der Waals surface area contributed by atoms with Gasteiger partial charge in [0.15, 0.2) is 0 Å². The molecule has 5 nitrogen and oxygen atoms in total. The Kier molecular flexibility index (Phi) is 2.95. The quantitative estimate of drug-likeness (QED) is 0.837. The number of aromatic nitrogens is 3. The standard InChI is InChI=1S/C11H11N3O2/c15-11(16)7-6-10-13-12-8-14(10)9-4-2-1-3-5-9/h1-5,8H,6-7H2,(H,15,16). The highest BCUT2D eigenvalue weighted by molar-refractivity contribution is 5.66. The molecule has 0 saturated carbocycles. The molecule has 0 atom stereocenters. The molecule has 0 spiro atoms. The van der Waals surface area contributed by atoms with Gasteiger partial charge in [0.2, 0.25) is 0 Å². The van der Waals surface area contributed by atoms with Gasteiger partial charge >= 0.3 is 5.97 Å². The summed E-state index contributed by atoms with van der Waals surface area (Å²) in [5.41, 5.74) is 0.938. The molecule has 2 rings (SSSR count). The fraction of sp³-hybridized carbons (Fsp3) is 0.182. The number of aliphatic carboxylic acids is 1. The van der Waals surface area contributed by atoms with Crippen molar-refractivity contribution in [1.29, 1.82) is 0 Å². The average molecular weight is 217 g/mol. The lowest BCUT2D eigenvalue weighted by Crippen LogP contribution is -2.04. The fourth-order valence-electron chi connectivity index (χ4n) is 1.45. The van der Waals surface area contributed by atoms with Gasteiger partial charge in [-0.2, -0.15) is 0 Å². The van der Waals surface area contributed by atoms with Crippen LogP contribution in [-0.4, -0.2) is 25.8 Å². The molecule has 1 aromatic carbocycles. The average Bonchev–Trinajstić information content (AvgIpc) is 2.75. The van der Waals surface area contributed by atoms with E-state index in [4.69, 9.17) is 5.11 Å². The maximum Gasteiger partial charge on any atom is 0.303 e. The lowest BCUT2D eigenvalue weighted by atomic mass is 10.2. The predicted molar refractivity (Wildman–Crippen MR) is 57.3 cm³/mol. The van der Waals surface area contributed by atoms with Crippen molar-refractivity contribution >= 4 is 5.97 Å². The molecular weight excluding hydrogens is 206 g/mol. The number of carboxylic acids is 1. The van der Waals surface area contributed by atoms with E-state index in [1.807, 2.05) is 30.3 Å². The lowest BCUT2D eigenvalue weighted by molar-refractivity contribution is -0.137. The molecule has 0 radical (unpaired) electrons. The molecule has 0 amide bonds. The zero-order chi connectivity index (χ0) is 11.4. The maximum atomic E-state index is 10.5. The molecule has 1 N–H and O–H groups in total. The first-order valence-corrected chi connectivity index (χ1v) is 4.93. The van der Waals surface area contributed by atoms with Gasteiger partial charge in [0.25, 0.3) is 0 Å². The van der Waals surface area contributed by atoms with E-state index in [1.165, 1.54) is 0 Å². The first-order valence-electron chi connectivity index (χ1n) is 4.93. The Bertz CT molecular complexity index is 479. The van der Waals surface area contributed by atoms with Crippen LogP contribution in [0.15, 0.2) is 36.7 Å². The Morgan fingerprint density at radius 2 is 2.06 bits per heavy atom. The van der Waals surface area contributed by atoms with E-state index in [9.17, 15) is 4.79 Å². The third-order valence-electron chi connectivity index (χ3n) is 2.22. The first kappa shape index (κ1) is 10.4. The van der Waals surface area contributed by atoms with Crippen molar-refractivity contribution in [1.82, 2.24) is 14.8 Å². The minimum atomic E-state index is -0.831. The van der Waals surface area contributed by atoms with E-state index in [1.54, 1.807) is 10.9 Å². The van der Waals surface area contributed by atoms with Crippen LogP contribution < -0.4 is 0 Å². The second-order valence-corrected chi connectivity index (χ2v) is 3.35. The summed E-state index contributed by atoms with van der Waals surface area (Å²) in [4.78, 5) is 10.5. The van der Waals surface area contributed by atoms with Crippen LogP contribution in [0.3, 0.4) is 0 Å². The Balaban J connectivity index is 2.23. The fourth-order valence-corrected chi connectivity index (χ4v) is 1.45. The molecular formula is C11H11N3O2. The van der Waals surface area contributed by atoms with Crippen molar-refractivity contribution in [2.45, 2.75) is 12.8 Å². The van der Waals surface area contributed by atoms with Crippen molar-refractivity contribution in [3.05, 3.63) is 42.5 Å². The molecule has 0 unspecified atom stereocenters. The van der Waals surface area contributed by atoms with E-state index in [0.717, 1.165) is 5.69 Å². The number of carboxylic acid groups (broad SMARTS) is 1. The molecule has 1 heterocycles. The van der Waals surface area contributed by atoms with Crippen molar-refractivity contribution in [2.75, 3.05) is 0 Å². The SMILES string of the molecule is O=C(O)CCc1nncn1-c1ccccc1. The monoisotopic (exact) mass is 217 g/mol. The van der Waals surface area contributed by atoms with Crippen LogP contribution in [0.2, 0.25) is 0 Å². The number of aryl methyl sites for hydroxylation is 1. The van der Waals surface area contributed by atoms with Crippen LogP contribution >= 0.6 is 0 Å². The summed E-state index contributed by atoms with van der Waals surface area (Å²) in [7, 11) is 0. The molecule has 0 aliphatic heterocycles. The van der Waals surface area contributed by atoms with Crippen LogP contribution in [0, 0.1) is 0 Å². The van der Waals surface area contributed by atoms with E-state index >= 15 is 0 Å². The van der Waals surface area contributed by atoms with E-state index in [2.05, 4.69) is 10.2 Å². The zero-order valence-corrected chi connectivity index (χ0v) is 8.58. The first-order chi connectivity index (χ1) is 7.77. The Labute approximate surface area is 92.4 Å². The smallest absolute Gasteiger partial charge is 0.303 e. The zero-order valence-electron chi connectivity index (χ0n) is 8.58. The summed E-state index contributed by atoms with van der Waals surface area (Å²) >= 11 is 0. The van der Waals surface area contributed by atoms with Crippen LogP contribution in [0.5, 0.6) is 0 Å². The van der Waals surface area contributed by atoms with Crippen molar-refractivity contribution in [3.63, 3.8) is 0 Å². The van der Waals surface area contributed by atoms with Crippen LogP contribution in [-0.2, 0) is 11.2 Å². The molecule has 0 bridgehead atoms. The Morgan fingerprint density at radius 1 is 1.31 bits per heavy atom. The highest BCUT2D eigenvalue weighted by Gasteiger charge is 2.07. The van der Waals surface area contributed by atoms with Gasteiger partial charge in [0.05, 0.1) is 6.42 Å². The normalized spacial score (nSPS) is 10.2. The number of nitrogens with zero attached hydrogens (tertiary/aromatic N) is 3. The molecule has 0 aliphatic rings. The highest BCUT2D eigenvalue weighted by atomic mass is 16.4. The van der Waals surface area contributed by atoms with Gasteiger partial charge in [-0.25, -0.2) is 0 Å². The molecule has 0 aliphatic carbocycles. The number of hydrogen-bond donors (Lipinski definition) is 1. The van der Waals surface area contributed by atoms with Gasteiger partial charge < -0.3 is 5.11 Å². The lowest BCUT2D eigenvalue weighted by Gasteiger charge is -2.04. The topological polar surface area (TPSA) is 68.0 Å². The van der Waals surface area contributed by atoms with Gasteiger partial charge in [-0.3, -0.25) is 9.36 Å². The predicted octanol–water partition coefficient (Wildman–Crippen LogP) is 1.28. The Morgan fingerprint density at radius 3 is 2.75 bits per heavy atom. The van der Waals surface area contributed by atoms with Crippen LogP contribution in [0.1, 0.15) is 12.2 Å². The minimum absolute atomic E-state index is 0.0610. The maximum absolute atomic E-state index is 10.5. The largest absolute Gasteiger partial charge is 0.481 e. The minimum Gasteiger partial charge on any atom is -0.481 e. The third-order valence-corrected chi connectivity index (χ3v) is 2.22. The van der Waals surface area contributed by atoms with Crippen molar-refractivity contribution in [3.8, 4) is 5.69 Å². The second-order valence-electron chi connectivity index (χ2n) is 3.35. The summed E-state index contributed by atoms with van der Waals surface area (Å²) in [6.45, 7) is 0. The molecule has 1 aromatic heterocycles. The van der Waals surface area contributed by atoms with E-state index < -0.39 is 5.97 Å². The molecule has 82 valence electrons. The number of hydrogen-bond acceptors (Lipinski definition) is 3. The van der Waals surface area contributed by atoms with Crippen LogP contribution in [0.25, 0.3) is 5.69 Å². The van der Waals surface area contributed by atoms with Crippen molar-refractivity contribution in [2.24, 2.45) is 0 Å². The van der Waals surface area contributed by atoms with E-state index in [-0.39, 0.29) is 6.42 Å². The van der Waals surface area contributed by atoms with Gasteiger partial charge in [-0.05, 0) is 12.1 Å². The van der Waals surface area contributed by atoms with Crippen LogP contribution in [0.4, 0.5) is 0 Å². The molecule has 5 heteroatoms. The summed E-state index contributed by atoms with van der Waals surface area (Å²) in [6.07, 6.45) is 2.03. The molecule has 0 saturated heterocycles. The second kappa shape index (κ2) is 4.57. The van der Waals surface area contributed by atoms with Gasteiger partial charge in [0, 0.05) is 12.1 Å². The summed E-state index contributed by atoms with van der Waals surface area (Å²) in [5.74, 6) is -0.170. The molecule has 2 aromatic rings. The van der Waals surface area contributed by atoms with Gasteiger partial charge in [-0.1, -0.05) is 18.2 Å². The van der Waals surface area contributed by atoms with Gasteiger partial charge in [0.1, 0.15) is 12.2 Å².